The van der Waals surface area contributed by atoms with Crippen LogP contribution in [-0.4, -0.2) is 40.0 Å². The van der Waals surface area contributed by atoms with Crippen molar-refractivity contribution in [1.29, 1.82) is 5.26 Å². The number of likely N-dealkylation sites (tertiary alicyclic amines) is 1. The van der Waals surface area contributed by atoms with Crippen LogP contribution in [0.3, 0.4) is 0 Å². The first-order valence-corrected chi connectivity index (χ1v) is 7.98. The van der Waals surface area contributed by atoms with Crippen molar-refractivity contribution >= 4 is 11.9 Å². The van der Waals surface area contributed by atoms with E-state index in [1.807, 2.05) is 6.07 Å². The minimum Gasteiger partial charge on any atom is -0.481 e. The summed E-state index contributed by atoms with van der Waals surface area (Å²) in [6.45, 7) is 4.40. The number of aliphatic carboxylic acids is 1. The Hall–Kier alpha value is -2.62. The third kappa shape index (κ3) is 3.65. The molecular formula is C17H21N3O4. The maximum Gasteiger partial charge on any atom is 0.306 e. The number of nitrogens with zero attached hydrogens (tertiary/aromatic N) is 2. The molecule has 7 nitrogen and oxygen atoms in total. The fourth-order valence-electron chi connectivity index (χ4n) is 3.19. The number of aryl methyl sites for hydroxylation is 1. The molecule has 7 heteroatoms. The van der Waals surface area contributed by atoms with Gasteiger partial charge in [0.2, 0.25) is 5.91 Å². The number of nitrogens with one attached hydrogen (secondary N) is 1. The maximum absolute atomic E-state index is 12.3. The highest BCUT2D eigenvalue weighted by Crippen LogP contribution is 2.20. The topological polar surface area (TPSA) is 114 Å². The first-order chi connectivity index (χ1) is 11.3. The summed E-state index contributed by atoms with van der Waals surface area (Å²) in [5.74, 6) is -1.19. The van der Waals surface area contributed by atoms with Gasteiger partial charge in [-0.25, -0.2) is 0 Å². The molecule has 0 radical (unpaired) electrons. The van der Waals surface area contributed by atoms with Crippen molar-refractivity contribution in [3.8, 4) is 6.07 Å². The number of aromatic amines is 1. The van der Waals surface area contributed by atoms with Gasteiger partial charge in [0.15, 0.2) is 0 Å². The molecule has 1 aliphatic rings. The summed E-state index contributed by atoms with van der Waals surface area (Å²) in [5, 5.41) is 18.1. The maximum atomic E-state index is 12.3. The third-order valence-electron chi connectivity index (χ3n) is 4.71. The lowest BCUT2D eigenvalue weighted by Gasteiger charge is -2.30. The molecule has 128 valence electrons. The lowest BCUT2D eigenvalue weighted by Crippen LogP contribution is -2.40. The number of carbonyl (C=O) groups excluding carboxylic acids is 1. The van der Waals surface area contributed by atoms with E-state index in [0.717, 1.165) is 5.56 Å². The summed E-state index contributed by atoms with van der Waals surface area (Å²) in [7, 11) is 0. The average molecular weight is 331 g/mol. The van der Waals surface area contributed by atoms with Crippen molar-refractivity contribution in [2.45, 2.75) is 39.5 Å². The molecule has 0 aliphatic carbocycles. The molecule has 1 aromatic rings. The number of carboxylic acids is 1. The number of pyridine rings is 1. The van der Waals surface area contributed by atoms with Crippen molar-refractivity contribution in [3.63, 3.8) is 0 Å². The lowest BCUT2D eigenvalue weighted by atomic mass is 9.96. The molecule has 1 saturated heterocycles. The summed E-state index contributed by atoms with van der Waals surface area (Å²) in [5.41, 5.74) is 1.80. The summed E-state index contributed by atoms with van der Waals surface area (Å²) >= 11 is 0. The van der Waals surface area contributed by atoms with Gasteiger partial charge in [-0.2, -0.15) is 5.26 Å². The second-order valence-corrected chi connectivity index (χ2v) is 6.16. The van der Waals surface area contributed by atoms with E-state index in [9.17, 15) is 14.4 Å². The van der Waals surface area contributed by atoms with Crippen LogP contribution in [-0.2, 0) is 16.0 Å². The predicted octanol–water partition coefficient (Wildman–Crippen LogP) is 1.12. The van der Waals surface area contributed by atoms with E-state index in [1.54, 1.807) is 18.7 Å². The van der Waals surface area contributed by atoms with Crippen LogP contribution in [0.15, 0.2) is 4.79 Å². The molecule has 1 aromatic heterocycles. The van der Waals surface area contributed by atoms with Gasteiger partial charge < -0.3 is 15.0 Å². The number of piperidine rings is 1. The van der Waals surface area contributed by atoms with Gasteiger partial charge in [0, 0.05) is 25.2 Å². The molecule has 2 rings (SSSR count). The van der Waals surface area contributed by atoms with Crippen molar-refractivity contribution < 1.29 is 14.7 Å². The highest BCUT2D eigenvalue weighted by Gasteiger charge is 2.27. The normalized spacial score (nSPS) is 15.1. The molecule has 2 N–H and O–H groups in total. The van der Waals surface area contributed by atoms with Crippen molar-refractivity contribution in [2.75, 3.05) is 13.1 Å². The zero-order chi connectivity index (χ0) is 17.9. The Balaban J connectivity index is 2.02. The monoisotopic (exact) mass is 331 g/mol. The summed E-state index contributed by atoms with van der Waals surface area (Å²) in [6, 6.07) is 1.90. The molecule has 1 fully saturated rings. The molecule has 1 amide bonds. The molecule has 0 saturated carbocycles. The summed E-state index contributed by atoms with van der Waals surface area (Å²) in [4.78, 5) is 39.3. The Bertz CT molecular complexity index is 752. The van der Waals surface area contributed by atoms with Crippen LogP contribution < -0.4 is 5.56 Å². The zero-order valence-corrected chi connectivity index (χ0v) is 13.9. The minimum atomic E-state index is -0.800. The first kappa shape index (κ1) is 17.7. The quantitative estimate of drug-likeness (QED) is 0.858. The standard InChI is InChI=1S/C17H21N3O4/c1-10-13(11(2)19-16(22)14(10)9-18)3-4-15(21)20-7-5-12(6-8-20)17(23)24/h12H,3-8H2,1-2H3,(H,19,22)(H,23,24). The van der Waals surface area contributed by atoms with E-state index >= 15 is 0 Å². The van der Waals surface area contributed by atoms with E-state index in [0.29, 0.717) is 43.6 Å². The molecule has 0 aromatic carbocycles. The van der Waals surface area contributed by atoms with Crippen molar-refractivity contribution in [1.82, 2.24) is 9.88 Å². The van der Waals surface area contributed by atoms with Crippen molar-refractivity contribution in [3.05, 3.63) is 32.7 Å². The number of amides is 1. The van der Waals surface area contributed by atoms with E-state index in [-0.39, 0.29) is 23.8 Å². The number of aromatic nitrogens is 1. The SMILES string of the molecule is Cc1[nH]c(=O)c(C#N)c(C)c1CCC(=O)N1CCC(C(=O)O)CC1. The molecule has 0 bridgehead atoms. The molecule has 0 atom stereocenters. The smallest absolute Gasteiger partial charge is 0.306 e. The molecular weight excluding hydrogens is 310 g/mol. The molecule has 24 heavy (non-hydrogen) atoms. The Morgan fingerprint density at radius 1 is 1.33 bits per heavy atom. The van der Waals surface area contributed by atoms with Crippen LogP contribution >= 0.6 is 0 Å². The largest absolute Gasteiger partial charge is 0.481 e. The number of carboxylic acid groups (broad SMARTS) is 1. The first-order valence-electron chi connectivity index (χ1n) is 7.98. The summed E-state index contributed by atoms with van der Waals surface area (Å²) < 4.78 is 0. The van der Waals surface area contributed by atoms with Crippen LogP contribution in [0.1, 0.15) is 41.6 Å². The summed E-state index contributed by atoms with van der Waals surface area (Å²) in [6.07, 6.45) is 1.68. The van der Waals surface area contributed by atoms with Crippen LogP contribution in [0.5, 0.6) is 0 Å². The van der Waals surface area contributed by atoms with Gasteiger partial charge in [0.1, 0.15) is 11.6 Å². The molecule has 0 unspecified atom stereocenters. The highest BCUT2D eigenvalue weighted by molar-refractivity contribution is 5.77. The van der Waals surface area contributed by atoms with Gasteiger partial charge in [-0.05, 0) is 44.2 Å². The molecule has 2 heterocycles. The highest BCUT2D eigenvalue weighted by atomic mass is 16.4. The Labute approximate surface area is 139 Å². The van der Waals surface area contributed by atoms with Gasteiger partial charge in [0.05, 0.1) is 5.92 Å². The Morgan fingerprint density at radius 3 is 2.50 bits per heavy atom. The van der Waals surface area contributed by atoms with E-state index in [1.165, 1.54) is 0 Å². The average Bonchev–Trinajstić information content (AvgIpc) is 2.54. The van der Waals surface area contributed by atoms with E-state index < -0.39 is 11.5 Å². The van der Waals surface area contributed by atoms with Crippen molar-refractivity contribution in [2.24, 2.45) is 5.92 Å². The number of H-pyrrole nitrogens is 1. The van der Waals surface area contributed by atoms with E-state index in [2.05, 4.69) is 4.98 Å². The fraction of sp³-hybridized carbons (Fsp3) is 0.529. The van der Waals surface area contributed by atoms with Crippen LogP contribution in [0.25, 0.3) is 0 Å². The minimum absolute atomic E-state index is 0.0256. The molecule has 1 aliphatic heterocycles. The van der Waals surface area contributed by atoms with Gasteiger partial charge in [-0.1, -0.05) is 0 Å². The second-order valence-electron chi connectivity index (χ2n) is 6.16. The Kier molecular flexibility index (Phi) is 5.39. The van der Waals surface area contributed by atoms with Crippen LogP contribution in [0, 0.1) is 31.1 Å². The van der Waals surface area contributed by atoms with Gasteiger partial charge in [-0.15, -0.1) is 0 Å². The number of hydrogen-bond acceptors (Lipinski definition) is 4. The fourth-order valence-corrected chi connectivity index (χ4v) is 3.19. The molecule has 0 spiro atoms. The lowest BCUT2D eigenvalue weighted by molar-refractivity contribution is -0.145. The number of carbonyl (C=O) groups is 2. The third-order valence-corrected chi connectivity index (χ3v) is 4.71. The van der Waals surface area contributed by atoms with Gasteiger partial charge >= 0.3 is 5.97 Å². The zero-order valence-electron chi connectivity index (χ0n) is 13.9. The van der Waals surface area contributed by atoms with Crippen LogP contribution in [0.4, 0.5) is 0 Å². The predicted molar refractivity (Wildman–Crippen MR) is 86.5 cm³/mol. The Morgan fingerprint density at radius 2 is 1.96 bits per heavy atom. The van der Waals surface area contributed by atoms with E-state index in [4.69, 9.17) is 10.4 Å². The number of hydrogen-bond donors (Lipinski definition) is 2. The number of nitriles is 1. The second kappa shape index (κ2) is 7.30. The number of rotatable bonds is 4. The van der Waals surface area contributed by atoms with Crippen LogP contribution in [0.2, 0.25) is 0 Å². The van der Waals surface area contributed by atoms with Gasteiger partial charge in [0.25, 0.3) is 5.56 Å². The van der Waals surface area contributed by atoms with Gasteiger partial charge in [-0.3, -0.25) is 14.4 Å².